The zero-order chi connectivity index (χ0) is 14.5. The fraction of sp³-hybridized carbons (Fsp3) is 0.357. The summed E-state index contributed by atoms with van der Waals surface area (Å²) in [6.07, 6.45) is 0. The molecule has 108 valence electrons. The number of ether oxygens (including phenoxy) is 1. The van der Waals surface area contributed by atoms with Crippen molar-refractivity contribution in [3.05, 3.63) is 42.7 Å². The van der Waals surface area contributed by atoms with Crippen molar-refractivity contribution in [2.45, 2.75) is 27.0 Å². The van der Waals surface area contributed by atoms with Gasteiger partial charge in [0.05, 0.1) is 19.6 Å². The van der Waals surface area contributed by atoms with Gasteiger partial charge >= 0.3 is 0 Å². The average molecular weight is 420 g/mol. The molecule has 1 aromatic carbocycles. The Kier molecular flexibility index (Phi) is 6.01. The first-order valence-corrected chi connectivity index (χ1v) is 8.79. The summed E-state index contributed by atoms with van der Waals surface area (Å²) in [7, 11) is 0. The van der Waals surface area contributed by atoms with Gasteiger partial charge in [-0.2, -0.15) is 0 Å². The second-order valence-electron chi connectivity index (χ2n) is 4.32. The highest BCUT2D eigenvalue weighted by Gasteiger charge is 2.10. The Hall–Kier alpha value is -0.430. The SMILES string of the molecule is CCNCc1cc(Br)c(OCc2csc(C)n2)c(Br)c1. The second-order valence-corrected chi connectivity index (χ2v) is 7.09. The normalized spacial score (nSPS) is 10.8. The highest BCUT2D eigenvalue weighted by molar-refractivity contribution is 9.11. The lowest BCUT2D eigenvalue weighted by molar-refractivity contribution is 0.298. The monoisotopic (exact) mass is 418 g/mol. The maximum Gasteiger partial charge on any atom is 0.148 e. The van der Waals surface area contributed by atoms with Crippen LogP contribution in [0.3, 0.4) is 0 Å². The van der Waals surface area contributed by atoms with Crippen LogP contribution in [0.2, 0.25) is 0 Å². The summed E-state index contributed by atoms with van der Waals surface area (Å²) in [5.41, 5.74) is 2.17. The van der Waals surface area contributed by atoms with Gasteiger partial charge in [0.25, 0.3) is 0 Å². The Morgan fingerprint density at radius 3 is 2.55 bits per heavy atom. The molecule has 0 atom stereocenters. The third-order valence-corrected chi connectivity index (χ3v) is 4.67. The van der Waals surface area contributed by atoms with E-state index in [0.29, 0.717) is 6.61 Å². The molecule has 0 aliphatic rings. The summed E-state index contributed by atoms with van der Waals surface area (Å²) in [5.74, 6) is 0.816. The molecule has 0 aliphatic carbocycles. The number of thiazole rings is 1. The van der Waals surface area contributed by atoms with Gasteiger partial charge in [0.2, 0.25) is 0 Å². The van der Waals surface area contributed by atoms with Gasteiger partial charge in [-0.25, -0.2) is 4.98 Å². The Morgan fingerprint density at radius 1 is 1.30 bits per heavy atom. The molecule has 20 heavy (non-hydrogen) atoms. The molecule has 0 unspecified atom stereocenters. The first kappa shape index (κ1) is 15.9. The Balaban J connectivity index is 2.07. The summed E-state index contributed by atoms with van der Waals surface area (Å²) < 4.78 is 7.76. The van der Waals surface area contributed by atoms with E-state index in [1.165, 1.54) is 5.56 Å². The molecule has 0 aliphatic heterocycles. The number of hydrogen-bond donors (Lipinski definition) is 1. The Morgan fingerprint density at radius 2 is 2.00 bits per heavy atom. The summed E-state index contributed by atoms with van der Waals surface area (Å²) in [5, 5.41) is 6.39. The first-order valence-electron chi connectivity index (χ1n) is 6.32. The van der Waals surface area contributed by atoms with E-state index in [0.717, 1.165) is 38.5 Å². The second kappa shape index (κ2) is 7.54. The predicted molar refractivity (Wildman–Crippen MR) is 90.4 cm³/mol. The number of aromatic nitrogens is 1. The molecule has 1 heterocycles. The van der Waals surface area contributed by atoms with Gasteiger partial charge in [0.15, 0.2) is 0 Å². The summed E-state index contributed by atoms with van der Waals surface area (Å²) in [6.45, 7) is 6.37. The first-order chi connectivity index (χ1) is 9.60. The zero-order valence-corrected chi connectivity index (χ0v) is 15.4. The van der Waals surface area contributed by atoms with Crippen LogP contribution < -0.4 is 10.1 Å². The highest BCUT2D eigenvalue weighted by Crippen LogP contribution is 2.35. The summed E-state index contributed by atoms with van der Waals surface area (Å²) in [4.78, 5) is 4.40. The molecule has 1 N–H and O–H groups in total. The fourth-order valence-electron chi connectivity index (χ4n) is 1.74. The lowest BCUT2D eigenvalue weighted by Gasteiger charge is -2.12. The smallest absolute Gasteiger partial charge is 0.148 e. The van der Waals surface area contributed by atoms with E-state index in [4.69, 9.17) is 4.74 Å². The van der Waals surface area contributed by atoms with Crippen LogP contribution in [0.5, 0.6) is 5.75 Å². The number of rotatable bonds is 6. The van der Waals surface area contributed by atoms with Crippen LogP contribution in [-0.4, -0.2) is 11.5 Å². The van der Waals surface area contributed by atoms with E-state index < -0.39 is 0 Å². The third kappa shape index (κ3) is 4.28. The summed E-state index contributed by atoms with van der Waals surface area (Å²) in [6, 6.07) is 4.16. The van der Waals surface area contributed by atoms with Crippen LogP contribution in [-0.2, 0) is 13.2 Å². The number of benzene rings is 1. The van der Waals surface area contributed by atoms with Gasteiger partial charge in [-0.15, -0.1) is 11.3 Å². The molecular formula is C14H16Br2N2OS. The van der Waals surface area contributed by atoms with Crippen LogP contribution in [0.15, 0.2) is 26.5 Å². The van der Waals surface area contributed by atoms with Gasteiger partial charge in [-0.1, -0.05) is 6.92 Å². The van der Waals surface area contributed by atoms with Crippen molar-refractivity contribution >= 4 is 43.2 Å². The molecule has 1 aromatic heterocycles. The molecule has 2 aromatic rings. The molecule has 0 saturated carbocycles. The van der Waals surface area contributed by atoms with E-state index in [1.807, 2.05) is 12.3 Å². The quantitative estimate of drug-likeness (QED) is 0.738. The number of aryl methyl sites for hydroxylation is 1. The molecule has 0 bridgehead atoms. The molecule has 0 radical (unpaired) electrons. The van der Waals surface area contributed by atoms with Crippen molar-refractivity contribution in [2.24, 2.45) is 0 Å². The van der Waals surface area contributed by atoms with Crippen molar-refractivity contribution in [3.63, 3.8) is 0 Å². The number of nitrogens with one attached hydrogen (secondary N) is 1. The maximum absolute atomic E-state index is 5.86. The summed E-state index contributed by atoms with van der Waals surface area (Å²) >= 11 is 8.77. The van der Waals surface area contributed by atoms with Crippen molar-refractivity contribution < 1.29 is 4.74 Å². The largest absolute Gasteiger partial charge is 0.485 e. The molecule has 3 nitrogen and oxygen atoms in total. The lowest BCUT2D eigenvalue weighted by atomic mass is 10.2. The van der Waals surface area contributed by atoms with E-state index in [2.05, 4.69) is 61.2 Å². The van der Waals surface area contributed by atoms with E-state index in [1.54, 1.807) is 11.3 Å². The molecule has 2 rings (SSSR count). The van der Waals surface area contributed by atoms with Gasteiger partial charge in [0.1, 0.15) is 12.4 Å². The average Bonchev–Trinajstić information content (AvgIpc) is 2.81. The van der Waals surface area contributed by atoms with Crippen LogP contribution in [0, 0.1) is 6.92 Å². The highest BCUT2D eigenvalue weighted by atomic mass is 79.9. The van der Waals surface area contributed by atoms with Crippen LogP contribution >= 0.6 is 43.2 Å². The van der Waals surface area contributed by atoms with E-state index in [-0.39, 0.29) is 0 Å². The molecule has 0 fully saturated rings. The van der Waals surface area contributed by atoms with Gasteiger partial charge in [0, 0.05) is 11.9 Å². The van der Waals surface area contributed by atoms with Crippen LogP contribution in [0.4, 0.5) is 0 Å². The Labute approximate surface area is 140 Å². The molecule has 6 heteroatoms. The van der Waals surface area contributed by atoms with Crippen molar-refractivity contribution in [1.82, 2.24) is 10.3 Å². The lowest BCUT2D eigenvalue weighted by Crippen LogP contribution is -2.11. The third-order valence-electron chi connectivity index (χ3n) is 2.67. The maximum atomic E-state index is 5.86. The van der Waals surface area contributed by atoms with Crippen molar-refractivity contribution in [2.75, 3.05) is 6.54 Å². The minimum atomic E-state index is 0.480. The van der Waals surface area contributed by atoms with Crippen LogP contribution in [0.1, 0.15) is 23.2 Å². The minimum Gasteiger partial charge on any atom is -0.485 e. The fourth-order valence-corrected chi connectivity index (χ4v) is 3.85. The molecule has 0 amide bonds. The number of halogens is 2. The van der Waals surface area contributed by atoms with Gasteiger partial charge in [-0.3, -0.25) is 0 Å². The van der Waals surface area contributed by atoms with Crippen LogP contribution in [0.25, 0.3) is 0 Å². The number of hydrogen-bond acceptors (Lipinski definition) is 4. The standard InChI is InChI=1S/C14H16Br2N2OS/c1-3-17-6-10-4-12(15)14(13(16)5-10)19-7-11-8-20-9(2)18-11/h4-5,8,17H,3,6-7H2,1-2H3. The van der Waals surface area contributed by atoms with E-state index in [9.17, 15) is 0 Å². The predicted octanol–water partition coefficient (Wildman–Crippen LogP) is 4.67. The zero-order valence-electron chi connectivity index (χ0n) is 11.4. The topological polar surface area (TPSA) is 34.1 Å². The molecular weight excluding hydrogens is 404 g/mol. The number of nitrogens with zero attached hydrogens (tertiary/aromatic N) is 1. The molecule has 0 spiro atoms. The van der Waals surface area contributed by atoms with Crippen molar-refractivity contribution in [3.8, 4) is 5.75 Å². The van der Waals surface area contributed by atoms with Gasteiger partial charge < -0.3 is 10.1 Å². The van der Waals surface area contributed by atoms with E-state index >= 15 is 0 Å². The Bertz CT molecular complexity index is 563. The minimum absolute atomic E-state index is 0.480. The van der Waals surface area contributed by atoms with Crippen molar-refractivity contribution in [1.29, 1.82) is 0 Å². The van der Waals surface area contributed by atoms with Gasteiger partial charge in [-0.05, 0) is 63.0 Å². The molecule has 0 saturated heterocycles.